The van der Waals surface area contributed by atoms with Gasteiger partial charge in [0.05, 0.1) is 0 Å². The number of amides is 2. The molecule has 0 saturated carbocycles. The number of likely N-dealkylation sites (tertiary alicyclic amines) is 1. The van der Waals surface area contributed by atoms with E-state index < -0.39 is 6.04 Å². The molecule has 1 aliphatic heterocycles. The van der Waals surface area contributed by atoms with Crippen LogP contribution in [-0.2, 0) is 16.0 Å². The molecular weight excluding hydrogens is 264 g/mol. The summed E-state index contributed by atoms with van der Waals surface area (Å²) in [6.45, 7) is 5.30. The zero-order chi connectivity index (χ0) is 15.2. The van der Waals surface area contributed by atoms with Crippen LogP contribution in [0.3, 0.4) is 0 Å². The van der Waals surface area contributed by atoms with Gasteiger partial charge in [0.2, 0.25) is 11.8 Å². The Morgan fingerprint density at radius 3 is 2.33 bits per heavy atom. The van der Waals surface area contributed by atoms with Crippen molar-refractivity contribution in [3.63, 3.8) is 0 Å². The van der Waals surface area contributed by atoms with Gasteiger partial charge in [-0.1, -0.05) is 44.2 Å². The number of nitrogens with one attached hydrogen (secondary N) is 1. The van der Waals surface area contributed by atoms with Crippen molar-refractivity contribution in [2.75, 3.05) is 13.1 Å². The van der Waals surface area contributed by atoms with Gasteiger partial charge >= 0.3 is 0 Å². The van der Waals surface area contributed by atoms with Crippen LogP contribution in [-0.4, -0.2) is 35.8 Å². The van der Waals surface area contributed by atoms with E-state index in [4.69, 9.17) is 0 Å². The molecule has 0 spiro atoms. The maximum Gasteiger partial charge on any atom is 0.245 e. The summed E-state index contributed by atoms with van der Waals surface area (Å²) >= 11 is 0. The predicted molar refractivity (Wildman–Crippen MR) is 82.7 cm³/mol. The number of rotatable bonds is 5. The summed E-state index contributed by atoms with van der Waals surface area (Å²) < 4.78 is 0. The van der Waals surface area contributed by atoms with Crippen molar-refractivity contribution in [3.8, 4) is 0 Å². The van der Waals surface area contributed by atoms with Crippen LogP contribution in [0.1, 0.15) is 32.3 Å². The third-order valence-corrected chi connectivity index (χ3v) is 3.84. The molecule has 0 bridgehead atoms. The highest BCUT2D eigenvalue weighted by Gasteiger charge is 2.28. The number of carbonyl (C=O) groups is 2. The lowest BCUT2D eigenvalue weighted by Crippen LogP contribution is -2.49. The van der Waals surface area contributed by atoms with E-state index in [0.717, 1.165) is 31.5 Å². The van der Waals surface area contributed by atoms with E-state index in [1.807, 2.05) is 49.1 Å². The molecule has 0 aliphatic carbocycles. The Labute approximate surface area is 126 Å². The average Bonchev–Trinajstić information content (AvgIpc) is 3.01. The van der Waals surface area contributed by atoms with Crippen LogP contribution in [0.5, 0.6) is 0 Å². The summed E-state index contributed by atoms with van der Waals surface area (Å²) in [5.74, 6) is -0.136. The Morgan fingerprint density at radius 1 is 1.14 bits per heavy atom. The minimum atomic E-state index is -0.458. The van der Waals surface area contributed by atoms with Gasteiger partial charge in [0.1, 0.15) is 6.04 Å². The van der Waals surface area contributed by atoms with Crippen LogP contribution in [0, 0.1) is 5.92 Å². The minimum absolute atomic E-state index is 0.0466. The zero-order valence-electron chi connectivity index (χ0n) is 12.8. The van der Waals surface area contributed by atoms with Gasteiger partial charge in [0.25, 0.3) is 0 Å². The van der Waals surface area contributed by atoms with E-state index in [-0.39, 0.29) is 17.7 Å². The van der Waals surface area contributed by atoms with Crippen molar-refractivity contribution < 1.29 is 9.59 Å². The summed E-state index contributed by atoms with van der Waals surface area (Å²) in [7, 11) is 0. The molecule has 21 heavy (non-hydrogen) atoms. The molecule has 0 aromatic heterocycles. The van der Waals surface area contributed by atoms with Gasteiger partial charge in [-0.15, -0.1) is 0 Å². The molecule has 2 rings (SSSR count). The number of benzene rings is 1. The Kier molecular flexibility index (Phi) is 5.37. The van der Waals surface area contributed by atoms with Crippen LogP contribution in [0.25, 0.3) is 0 Å². The Balaban J connectivity index is 2.09. The molecule has 114 valence electrons. The smallest absolute Gasteiger partial charge is 0.245 e. The summed E-state index contributed by atoms with van der Waals surface area (Å²) in [5, 5.41) is 2.91. The van der Waals surface area contributed by atoms with E-state index in [2.05, 4.69) is 5.32 Å². The first-order chi connectivity index (χ1) is 10.1. The third kappa shape index (κ3) is 4.31. The zero-order valence-corrected chi connectivity index (χ0v) is 12.8. The van der Waals surface area contributed by atoms with E-state index in [1.54, 1.807) is 0 Å². The molecule has 4 nitrogen and oxygen atoms in total. The monoisotopic (exact) mass is 288 g/mol. The molecule has 1 heterocycles. The SMILES string of the molecule is CC(C)C(=O)N[C@@H](Cc1ccccc1)C(=O)N1CCCC1. The first-order valence-corrected chi connectivity index (χ1v) is 7.71. The number of carbonyl (C=O) groups excluding carboxylic acids is 2. The summed E-state index contributed by atoms with van der Waals surface area (Å²) in [4.78, 5) is 26.5. The molecule has 4 heteroatoms. The van der Waals surface area contributed by atoms with Gasteiger partial charge in [0.15, 0.2) is 0 Å². The standard InChI is InChI=1S/C17H24N2O2/c1-13(2)16(20)18-15(12-14-8-4-3-5-9-14)17(21)19-10-6-7-11-19/h3-5,8-9,13,15H,6-7,10-12H2,1-2H3,(H,18,20)/t15-/m0/s1. The van der Waals surface area contributed by atoms with Gasteiger partial charge in [-0.25, -0.2) is 0 Å². The molecule has 2 amide bonds. The van der Waals surface area contributed by atoms with Crippen LogP contribution in [0.15, 0.2) is 30.3 Å². The molecular formula is C17H24N2O2. The molecule has 1 fully saturated rings. The predicted octanol–water partition coefficient (Wildman–Crippen LogP) is 1.99. The van der Waals surface area contributed by atoms with Crippen molar-refractivity contribution in [2.24, 2.45) is 5.92 Å². The van der Waals surface area contributed by atoms with E-state index in [9.17, 15) is 9.59 Å². The van der Waals surface area contributed by atoms with Crippen molar-refractivity contribution in [1.29, 1.82) is 0 Å². The van der Waals surface area contributed by atoms with Crippen molar-refractivity contribution in [3.05, 3.63) is 35.9 Å². The van der Waals surface area contributed by atoms with E-state index >= 15 is 0 Å². The van der Waals surface area contributed by atoms with Gasteiger partial charge in [0, 0.05) is 25.4 Å². The second kappa shape index (κ2) is 7.25. The fourth-order valence-corrected chi connectivity index (χ4v) is 2.55. The molecule has 1 N–H and O–H groups in total. The second-order valence-electron chi connectivity index (χ2n) is 5.94. The van der Waals surface area contributed by atoms with Gasteiger partial charge in [-0.05, 0) is 18.4 Å². The summed E-state index contributed by atoms with van der Waals surface area (Å²) in [5.41, 5.74) is 1.07. The first kappa shape index (κ1) is 15.5. The lowest BCUT2D eigenvalue weighted by molar-refractivity contribution is -0.136. The molecule has 0 radical (unpaired) electrons. The van der Waals surface area contributed by atoms with Crippen molar-refractivity contribution in [1.82, 2.24) is 10.2 Å². The summed E-state index contributed by atoms with van der Waals surface area (Å²) in [6, 6.07) is 9.39. The fraction of sp³-hybridized carbons (Fsp3) is 0.529. The van der Waals surface area contributed by atoms with Crippen LogP contribution >= 0.6 is 0 Å². The minimum Gasteiger partial charge on any atom is -0.344 e. The Morgan fingerprint density at radius 2 is 1.76 bits per heavy atom. The lowest BCUT2D eigenvalue weighted by Gasteiger charge is -2.25. The second-order valence-corrected chi connectivity index (χ2v) is 5.94. The van der Waals surface area contributed by atoms with Gasteiger partial charge < -0.3 is 10.2 Å². The van der Waals surface area contributed by atoms with E-state index in [0.29, 0.717) is 6.42 Å². The third-order valence-electron chi connectivity index (χ3n) is 3.84. The fourth-order valence-electron chi connectivity index (χ4n) is 2.55. The van der Waals surface area contributed by atoms with Gasteiger partial charge in [-0.3, -0.25) is 9.59 Å². The number of hydrogen-bond acceptors (Lipinski definition) is 2. The first-order valence-electron chi connectivity index (χ1n) is 7.71. The molecule has 1 aromatic carbocycles. The molecule has 1 atom stereocenters. The maximum atomic E-state index is 12.6. The largest absolute Gasteiger partial charge is 0.344 e. The van der Waals surface area contributed by atoms with Gasteiger partial charge in [-0.2, -0.15) is 0 Å². The van der Waals surface area contributed by atoms with E-state index in [1.165, 1.54) is 0 Å². The highest BCUT2D eigenvalue weighted by atomic mass is 16.2. The molecule has 0 unspecified atom stereocenters. The van der Waals surface area contributed by atoms with Crippen molar-refractivity contribution >= 4 is 11.8 Å². The number of hydrogen-bond donors (Lipinski definition) is 1. The van der Waals surface area contributed by atoms with Crippen LogP contribution < -0.4 is 5.32 Å². The Bertz CT molecular complexity index is 479. The maximum absolute atomic E-state index is 12.6. The highest BCUT2D eigenvalue weighted by Crippen LogP contribution is 2.12. The van der Waals surface area contributed by atoms with Crippen molar-refractivity contribution in [2.45, 2.75) is 39.2 Å². The lowest BCUT2D eigenvalue weighted by atomic mass is 10.0. The quantitative estimate of drug-likeness (QED) is 0.901. The highest BCUT2D eigenvalue weighted by molar-refractivity contribution is 5.88. The summed E-state index contributed by atoms with van der Waals surface area (Å²) in [6.07, 6.45) is 2.67. The molecule has 1 aliphatic rings. The van der Waals surface area contributed by atoms with Crippen LogP contribution in [0.2, 0.25) is 0 Å². The average molecular weight is 288 g/mol. The Hall–Kier alpha value is -1.84. The number of nitrogens with zero attached hydrogens (tertiary/aromatic N) is 1. The topological polar surface area (TPSA) is 49.4 Å². The normalized spacial score (nSPS) is 16.0. The molecule has 1 saturated heterocycles. The van der Waals surface area contributed by atoms with Crippen LogP contribution in [0.4, 0.5) is 0 Å². The molecule has 1 aromatic rings.